The van der Waals surface area contributed by atoms with Crippen molar-refractivity contribution in [3.05, 3.63) is 65.7 Å². The number of likely N-dealkylation sites (N-methyl/N-ethyl adjacent to an activating group) is 1. The Morgan fingerprint density at radius 3 is 2.33 bits per heavy atom. The van der Waals surface area contributed by atoms with E-state index < -0.39 is 0 Å². The van der Waals surface area contributed by atoms with Crippen molar-refractivity contribution in [1.29, 1.82) is 0 Å². The Kier molecular flexibility index (Phi) is 6.24. The van der Waals surface area contributed by atoms with Gasteiger partial charge in [0.2, 0.25) is 5.91 Å². The Bertz CT molecular complexity index is 783. The van der Waals surface area contributed by atoms with Crippen LogP contribution in [0.1, 0.15) is 28.8 Å². The van der Waals surface area contributed by atoms with Gasteiger partial charge in [0.15, 0.2) is 0 Å². The molecule has 0 saturated carbocycles. The minimum atomic E-state index is -0.00793. The third kappa shape index (κ3) is 4.95. The van der Waals surface area contributed by atoms with Crippen molar-refractivity contribution in [1.82, 2.24) is 10.2 Å². The maximum Gasteiger partial charge on any atom is 0.251 e. The highest BCUT2D eigenvalue weighted by Crippen LogP contribution is 2.15. The normalized spacial score (nSPS) is 15.3. The number of likely N-dealkylation sites (tertiary alicyclic amines) is 1. The molecular weight excluding hydrogens is 338 g/mol. The number of aryl methyl sites for hydroxylation is 1. The molecule has 0 aliphatic carbocycles. The van der Waals surface area contributed by atoms with Gasteiger partial charge < -0.3 is 10.2 Å². The molecule has 1 N–H and O–H groups in total. The summed E-state index contributed by atoms with van der Waals surface area (Å²) in [6.07, 6.45) is 1.72. The van der Waals surface area contributed by atoms with E-state index in [0.717, 1.165) is 42.7 Å². The number of rotatable bonds is 5. The van der Waals surface area contributed by atoms with E-state index in [1.165, 1.54) is 0 Å². The van der Waals surface area contributed by atoms with Crippen LogP contribution in [-0.2, 0) is 4.79 Å². The third-order valence-corrected chi connectivity index (χ3v) is 5.19. The van der Waals surface area contributed by atoms with E-state index in [0.29, 0.717) is 6.54 Å². The summed E-state index contributed by atoms with van der Waals surface area (Å²) in [5.41, 5.74) is 2.63. The zero-order valence-corrected chi connectivity index (χ0v) is 16.0. The van der Waals surface area contributed by atoms with Gasteiger partial charge in [-0.1, -0.05) is 36.4 Å². The van der Waals surface area contributed by atoms with Gasteiger partial charge in [0.1, 0.15) is 0 Å². The lowest BCUT2D eigenvalue weighted by Gasteiger charge is -2.33. The van der Waals surface area contributed by atoms with Gasteiger partial charge in [0.25, 0.3) is 5.91 Å². The van der Waals surface area contributed by atoms with Crippen LogP contribution in [0.5, 0.6) is 0 Å². The Morgan fingerprint density at radius 2 is 1.67 bits per heavy atom. The number of nitrogens with one attached hydrogen (secondary N) is 1. The van der Waals surface area contributed by atoms with Crippen LogP contribution in [0, 0.1) is 6.92 Å². The van der Waals surface area contributed by atoms with E-state index in [9.17, 15) is 9.59 Å². The number of benzene rings is 2. The van der Waals surface area contributed by atoms with E-state index in [1.54, 1.807) is 4.90 Å². The monoisotopic (exact) mass is 365 g/mol. The largest absolute Gasteiger partial charge is 0.349 e. The number of hydrogen-bond acceptors (Lipinski definition) is 3. The van der Waals surface area contributed by atoms with Crippen molar-refractivity contribution < 1.29 is 9.59 Å². The summed E-state index contributed by atoms with van der Waals surface area (Å²) in [4.78, 5) is 28.8. The highest BCUT2D eigenvalue weighted by molar-refractivity contribution is 5.96. The number of hydrogen-bond donors (Lipinski definition) is 1. The summed E-state index contributed by atoms with van der Waals surface area (Å²) in [7, 11) is 1.81. The van der Waals surface area contributed by atoms with Crippen molar-refractivity contribution in [3.8, 4) is 0 Å². The molecule has 3 rings (SSSR count). The number of carbonyl (C=O) groups excluding carboxylic acids is 2. The predicted molar refractivity (Wildman–Crippen MR) is 108 cm³/mol. The molecule has 5 heteroatoms. The number of piperidine rings is 1. The molecule has 1 heterocycles. The molecule has 1 aliphatic rings. The molecule has 27 heavy (non-hydrogen) atoms. The van der Waals surface area contributed by atoms with Crippen LogP contribution < -0.4 is 10.2 Å². The zero-order chi connectivity index (χ0) is 19.2. The molecule has 0 radical (unpaired) electrons. The molecule has 2 amide bonds. The van der Waals surface area contributed by atoms with Crippen LogP contribution in [-0.4, -0.2) is 49.4 Å². The van der Waals surface area contributed by atoms with Crippen LogP contribution in [0.3, 0.4) is 0 Å². The van der Waals surface area contributed by atoms with Crippen molar-refractivity contribution in [2.75, 3.05) is 31.6 Å². The van der Waals surface area contributed by atoms with Crippen LogP contribution in [0.2, 0.25) is 0 Å². The lowest BCUT2D eigenvalue weighted by molar-refractivity contribution is -0.119. The first kappa shape index (κ1) is 19.1. The second-order valence-corrected chi connectivity index (χ2v) is 7.13. The number of para-hydroxylation sites is 1. The molecular formula is C22H27N3O2. The minimum absolute atomic E-state index is 0.00793. The van der Waals surface area contributed by atoms with E-state index in [2.05, 4.69) is 10.2 Å². The summed E-state index contributed by atoms with van der Waals surface area (Å²) < 4.78 is 0. The van der Waals surface area contributed by atoms with Gasteiger partial charge in [-0.3, -0.25) is 14.5 Å². The quantitative estimate of drug-likeness (QED) is 0.886. The number of anilines is 1. The molecule has 0 atom stereocenters. The van der Waals surface area contributed by atoms with Crippen molar-refractivity contribution >= 4 is 17.5 Å². The topological polar surface area (TPSA) is 52.7 Å². The number of carbonyl (C=O) groups is 2. The lowest BCUT2D eigenvalue weighted by atomic mass is 10.0. The smallest absolute Gasteiger partial charge is 0.251 e. The van der Waals surface area contributed by atoms with E-state index in [4.69, 9.17) is 0 Å². The summed E-state index contributed by atoms with van der Waals surface area (Å²) >= 11 is 0. The van der Waals surface area contributed by atoms with Crippen LogP contribution in [0.4, 0.5) is 5.69 Å². The Balaban J connectivity index is 1.47. The molecule has 1 fully saturated rings. The molecule has 0 unspecified atom stereocenters. The van der Waals surface area contributed by atoms with Crippen molar-refractivity contribution in [3.63, 3.8) is 0 Å². The molecule has 1 aliphatic heterocycles. The first-order valence-electron chi connectivity index (χ1n) is 9.45. The van der Waals surface area contributed by atoms with Gasteiger partial charge in [-0.15, -0.1) is 0 Å². The summed E-state index contributed by atoms with van der Waals surface area (Å²) in [5, 5.41) is 3.14. The second-order valence-electron chi connectivity index (χ2n) is 7.13. The predicted octanol–water partition coefficient (Wildman–Crippen LogP) is 2.85. The SMILES string of the molecule is Cc1ccccc1C(=O)NC1CCN(CC(=O)N(C)c2ccccc2)CC1. The van der Waals surface area contributed by atoms with Crippen molar-refractivity contribution in [2.24, 2.45) is 0 Å². The molecule has 0 spiro atoms. The van der Waals surface area contributed by atoms with Crippen LogP contribution in [0.15, 0.2) is 54.6 Å². The molecule has 2 aromatic rings. The Hall–Kier alpha value is -2.66. The highest BCUT2D eigenvalue weighted by Gasteiger charge is 2.24. The Morgan fingerprint density at radius 1 is 1.04 bits per heavy atom. The van der Waals surface area contributed by atoms with Gasteiger partial charge in [0.05, 0.1) is 6.54 Å². The summed E-state index contributed by atoms with van der Waals surface area (Å²) in [5.74, 6) is 0.0787. The average molecular weight is 365 g/mol. The maximum absolute atomic E-state index is 12.5. The number of amides is 2. The fraction of sp³-hybridized carbons (Fsp3) is 0.364. The third-order valence-electron chi connectivity index (χ3n) is 5.19. The van der Waals surface area contributed by atoms with Crippen LogP contribution >= 0.6 is 0 Å². The fourth-order valence-corrected chi connectivity index (χ4v) is 3.42. The van der Waals surface area contributed by atoms with E-state index in [1.807, 2.05) is 68.6 Å². The fourth-order valence-electron chi connectivity index (χ4n) is 3.42. The first-order valence-corrected chi connectivity index (χ1v) is 9.45. The molecule has 1 saturated heterocycles. The lowest BCUT2D eigenvalue weighted by Crippen LogP contribution is -2.47. The highest BCUT2D eigenvalue weighted by atomic mass is 16.2. The van der Waals surface area contributed by atoms with Gasteiger partial charge in [-0.25, -0.2) is 0 Å². The van der Waals surface area contributed by atoms with Crippen molar-refractivity contribution in [2.45, 2.75) is 25.8 Å². The summed E-state index contributed by atoms with van der Waals surface area (Å²) in [6, 6.07) is 17.5. The van der Waals surface area contributed by atoms with Crippen LogP contribution in [0.25, 0.3) is 0 Å². The van der Waals surface area contributed by atoms with Gasteiger partial charge in [0, 0.05) is 37.4 Å². The summed E-state index contributed by atoms with van der Waals surface area (Å²) in [6.45, 7) is 3.98. The molecule has 0 bridgehead atoms. The second kappa shape index (κ2) is 8.82. The van der Waals surface area contributed by atoms with Gasteiger partial charge in [-0.05, 0) is 43.5 Å². The molecule has 5 nitrogen and oxygen atoms in total. The molecule has 142 valence electrons. The molecule has 0 aromatic heterocycles. The standard InChI is InChI=1S/C22H27N3O2/c1-17-8-6-7-11-20(17)22(27)23-18-12-14-25(15-13-18)16-21(26)24(2)19-9-4-3-5-10-19/h3-11,18H,12-16H2,1-2H3,(H,23,27). The molecule has 2 aromatic carbocycles. The van der Waals surface area contributed by atoms with Gasteiger partial charge >= 0.3 is 0 Å². The maximum atomic E-state index is 12.5. The van der Waals surface area contributed by atoms with E-state index >= 15 is 0 Å². The Labute approximate surface area is 161 Å². The van der Waals surface area contributed by atoms with Gasteiger partial charge in [-0.2, -0.15) is 0 Å². The first-order chi connectivity index (χ1) is 13.0. The average Bonchev–Trinajstić information content (AvgIpc) is 2.69. The minimum Gasteiger partial charge on any atom is -0.349 e. The number of nitrogens with zero attached hydrogens (tertiary/aromatic N) is 2. The zero-order valence-electron chi connectivity index (χ0n) is 16.0. The van der Waals surface area contributed by atoms with E-state index in [-0.39, 0.29) is 17.9 Å².